The van der Waals surface area contributed by atoms with Gasteiger partial charge < -0.3 is 5.73 Å². The number of aromatic nitrogens is 2. The van der Waals surface area contributed by atoms with Crippen LogP contribution in [0.5, 0.6) is 0 Å². The van der Waals surface area contributed by atoms with Crippen LogP contribution in [-0.2, 0) is 21.7 Å². The third kappa shape index (κ3) is 2.47. The maximum absolute atomic E-state index is 11.7. The zero-order chi connectivity index (χ0) is 15.3. The molecule has 1 saturated heterocycles. The highest BCUT2D eigenvalue weighted by molar-refractivity contribution is 7.91. The van der Waals surface area contributed by atoms with Gasteiger partial charge in [-0.2, -0.15) is 5.10 Å². The topological polar surface area (TPSA) is 78.0 Å². The number of nitrogens with two attached hydrogens (primary N) is 1. The quantitative estimate of drug-likeness (QED) is 0.928. The van der Waals surface area contributed by atoms with Crippen molar-refractivity contribution >= 4 is 15.7 Å². The van der Waals surface area contributed by atoms with E-state index in [4.69, 9.17) is 10.8 Å². The molecule has 21 heavy (non-hydrogen) atoms. The predicted molar refractivity (Wildman–Crippen MR) is 84.1 cm³/mol. The van der Waals surface area contributed by atoms with E-state index < -0.39 is 9.84 Å². The Morgan fingerprint density at radius 3 is 2.57 bits per heavy atom. The molecular weight excluding hydrogens is 286 g/mol. The van der Waals surface area contributed by atoms with Crippen LogP contribution in [-0.4, -0.2) is 29.7 Å². The summed E-state index contributed by atoms with van der Waals surface area (Å²) in [7, 11) is -2.92. The van der Waals surface area contributed by atoms with Gasteiger partial charge in [0.1, 0.15) is 5.82 Å². The zero-order valence-electron chi connectivity index (χ0n) is 12.9. The molecule has 0 amide bonds. The third-order valence-electron chi connectivity index (χ3n) is 5.24. The molecule has 1 saturated carbocycles. The lowest BCUT2D eigenvalue weighted by molar-refractivity contribution is 0.442. The van der Waals surface area contributed by atoms with E-state index in [1.165, 1.54) is 12.8 Å². The van der Waals surface area contributed by atoms with Crippen molar-refractivity contribution in [2.24, 2.45) is 0 Å². The van der Waals surface area contributed by atoms with Gasteiger partial charge >= 0.3 is 0 Å². The van der Waals surface area contributed by atoms with Gasteiger partial charge in [-0.25, -0.2) is 13.1 Å². The fraction of sp³-hybridized carbons (Fsp3) is 0.800. The minimum Gasteiger partial charge on any atom is -0.384 e. The molecule has 1 aromatic rings. The maximum Gasteiger partial charge on any atom is 0.152 e. The molecular formula is C15H25N3O2S. The summed E-state index contributed by atoms with van der Waals surface area (Å²) in [5, 5.41) is 4.81. The molecule has 3 rings (SSSR count). The Morgan fingerprint density at radius 1 is 1.38 bits per heavy atom. The zero-order valence-corrected chi connectivity index (χ0v) is 13.7. The average Bonchev–Trinajstić information content (AvgIpc) is 3.08. The first-order chi connectivity index (χ1) is 9.86. The molecule has 0 spiro atoms. The average molecular weight is 311 g/mol. The smallest absolute Gasteiger partial charge is 0.152 e. The number of rotatable bonds is 3. The number of nitrogens with zero attached hydrogens (tertiary/aromatic N) is 2. The summed E-state index contributed by atoms with van der Waals surface area (Å²) < 4.78 is 25.3. The predicted octanol–water partition coefficient (Wildman–Crippen LogP) is 2.22. The monoisotopic (exact) mass is 311 g/mol. The standard InChI is InChI=1S/C15H25N3O2S/c1-3-12-13(15(2)7-4-5-8-15)17-18(14(12)16)11-6-9-21(19,20)10-11/h11H,3-10,16H2,1-2H3. The Morgan fingerprint density at radius 2 is 2.05 bits per heavy atom. The van der Waals surface area contributed by atoms with Crippen molar-refractivity contribution < 1.29 is 8.42 Å². The Balaban J connectivity index is 2.02. The van der Waals surface area contributed by atoms with Gasteiger partial charge in [0.25, 0.3) is 0 Å². The van der Waals surface area contributed by atoms with E-state index in [1.807, 2.05) is 4.68 Å². The van der Waals surface area contributed by atoms with Crippen LogP contribution in [0.2, 0.25) is 0 Å². The highest BCUT2D eigenvalue weighted by Gasteiger charge is 2.38. The lowest BCUT2D eigenvalue weighted by atomic mass is 9.82. The normalized spacial score (nSPS) is 27.2. The van der Waals surface area contributed by atoms with Crippen LogP contribution in [0.25, 0.3) is 0 Å². The number of anilines is 1. The molecule has 118 valence electrons. The second-order valence-corrected chi connectivity index (χ2v) is 9.06. The van der Waals surface area contributed by atoms with Crippen LogP contribution in [0.4, 0.5) is 5.82 Å². The van der Waals surface area contributed by atoms with Crippen LogP contribution in [0.1, 0.15) is 63.3 Å². The Labute approximate surface area is 126 Å². The number of hydrogen-bond donors (Lipinski definition) is 1. The molecule has 2 N–H and O–H groups in total. The molecule has 2 fully saturated rings. The molecule has 2 heterocycles. The van der Waals surface area contributed by atoms with Gasteiger partial charge in [-0.15, -0.1) is 0 Å². The van der Waals surface area contributed by atoms with Gasteiger partial charge in [-0.1, -0.05) is 26.7 Å². The van der Waals surface area contributed by atoms with Crippen molar-refractivity contribution in [3.8, 4) is 0 Å². The van der Waals surface area contributed by atoms with Crippen molar-refractivity contribution in [3.63, 3.8) is 0 Å². The van der Waals surface area contributed by atoms with Gasteiger partial charge in [0.05, 0.1) is 23.2 Å². The number of nitrogen functional groups attached to an aromatic ring is 1. The molecule has 2 aliphatic rings. The summed E-state index contributed by atoms with van der Waals surface area (Å²) >= 11 is 0. The minimum atomic E-state index is -2.92. The fourth-order valence-corrected chi connectivity index (χ4v) is 5.65. The van der Waals surface area contributed by atoms with E-state index in [-0.39, 0.29) is 23.0 Å². The first kappa shape index (κ1) is 14.9. The Bertz CT molecular complexity index is 642. The van der Waals surface area contributed by atoms with Crippen LogP contribution in [0.15, 0.2) is 0 Å². The molecule has 1 aromatic heterocycles. The molecule has 0 aromatic carbocycles. The van der Waals surface area contributed by atoms with Crippen molar-refractivity contribution in [2.75, 3.05) is 17.2 Å². The van der Waals surface area contributed by atoms with Crippen LogP contribution < -0.4 is 5.73 Å². The summed E-state index contributed by atoms with van der Waals surface area (Å²) in [6.45, 7) is 4.38. The van der Waals surface area contributed by atoms with Crippen LogP contribution >= 0.6 is 0 Å². The summed E-state index contributed by atoms with van der Waals surface area (Å²) in [6, 6.07) is -0.0842. The number of hydrogen-bond acceptors (Lipinski definition) is 4. The van der Waals surface area contributed by atoms with Crippen LogP contribution in [0.3, 0.4) is 0 Å². The van der Waals surface area contributed by atoms with Crippen LogP contribution in [0, 0.1) is 0 Å². The molecule has 6 heteroatoms. The molecule has 0 bridgehead atoms. The Kier molecular flexibility index (Phi) is 3.55. The molecule has 1 aliphatic heterocycles. The first-order valence-corrected chi connectivity index (χ1v) is 9.76. The van der Waals surface area contributed by atoms with Crippen molar-refractivity contribution in [1.29, 1.82) is 0 Å². The largest absolute Gasteiger partial charge is 0.384 e. The lowest BCUT2D eigenvalue weighted by Gasteiger charge is -2.22. The van der Waals surface area contributed by atoms with E-state index in [2.05, 4.69) is 13.8 Å². The maximum atomic E-state index is 11.7. The summed E-state index contributed by atoms with van der Waals surface area (Å²) in [6.07, 6.45) is 6.27. The van der Waals surface area contributed by atoms with E-state index in [0.717, 1.165) is 30.5 Å². The molecule has 1 atom stereocenters. The molecule has 1 aliphatic carbocycles. The van der Waals surface area contributed by atoms with Gasteiger partial charge in [-0.05, 0) is 25.7 Å². The SMILES string of the molecule is CCc1c(C2(C)CCCC2)nn(C2CCS(=O)(=O)C2)c1N. The highest BCUT2D eigenvalue weighted by atomic mass is 32.2. The van der Waals surface area contributed by atoms with Gasteiger partial charge in [0, 0.05) is 11.0 Å². The van der Waals surface area contributed by atoms with Crippen molar-refractivity contribution in [2.45, 2.75) is 63.8 Å². The highest BCUT2D eigenvalue weighted by Crippen LogP contribution is 2.43. The van der Waals surface area contributed by atoms with E-state index in [1.54, 1.807) is 0 Å². The van der Waals surface area contributed by atoms with Crippen molar-refractivity contribution in [1.82, 2.24) is 9.78 Å². The molecule has 1 unspecified atom stereocenters. The molecule has 5 nitrogen and oxygen atoms in total. The first-order valence-electron chi connectivity index (χ1n) is 7.94. The molecule has 0 radical (unpaired) electrons. The Hall–Kier alpha value is -1.04. The summed E-state index contributed by atoms with van der Waals surface area (Å²) in [5.41, 5.74) is 8.67. The third-order valence-corrected chi connectivity index (χ3v) is 6.99. The summed E-state index contributed by atoms with van der Waals surface area (Å²) in [4.78, 5) is 0. The van der Waals surface area contributed by atoms with E-state index in [0.29, 0.717) is 12.2 Å². The van der Waals surface area contributed by atoms with Gasteiger partial charge in [0.15, 0.2) is 9.84 Å². The number of sulfone groups is 1. The second kappa shape index (κ2) is 5.00. The van der Waals surface area contributed by atoms with Gasteiger partial charge in [-0.3, -0.25) is 0 Å². The van der Waals surface area contributed by atoms with E-state index in [9.17, 15) is 8.42 Å². The minimum absolute atomic E-state index is 0.0842. The van der Waals surface area contributed by atoms with Gasteiger partial charge in [0.2, 0.25) is 0 Å². The fourth-order valence-electron chi connectivity index (χ4n) is 3.95. The summed E-state index contributed by atoms with van der Waals surface area (Å²) in [5.74, 6) is 1.12. The lowest BCUT2D eigenvalue weighted by Crippen LogP contribution is -2.20. The van der Waals surface area contributed by atoms with Crippen molar-refractivity contribution in [3.05, 3.63) is 11.3 Å². The van der Waals surface area contributed by atoms with E-state index >= 15 is 0 Å². The second-order valence-electron chi connectivity index (χ2n) is 6.84.